The lowest BCUT2D eigenvalue weighted by Crippen LogP contribution is -2.49. The number of ether oxygens (including phenoxy) is 2. The topological polar surface area (TPSA) is 42.0 Å². The maximum atomic E-state index is 13.3. The van der Waals surface area contributed by atoms with Crippen LogP contribution in [0.15, 0.2) is 66.7 Å². The Hall–Kier alpha value is -3.18. The first kappa shape index (κ1) is 23.0. The van der Waals surface area contributed by atoms with E-state index in [4.69, 9.17) is 21.1 Å². The van der Waals surface area contributed by atoms with E-state index < -0.39 is 0 Å². The van der Waals surface area contributed by atoms with Gasteiger partial charge in [0.15, 0.2) is 0 Å². The second kappa shape index (κ2) is 10.6. The minimum absolute atomic E-state index is 0.0291. The van der Waals surface area contributed by atoms with Gasteiger partial charge in [0.25, 0.3) is 5.91 Å². The van der Waals surface area contributed by atoms with Crippen LogP contribution in [-0.4, -0.2) is 43.6 Å². The number of hydrogen-bond acceptors (Lipinski definition) is 4. The molecule has 0 unspecified atom stereocenters. The molecular formula is C27H29ClN2O3. The molecular weight excluding hydrogens is 436 g/mol. The minimum Gasteiger partial charge on any atom is -0.493 e. The van der Waals surface area contributed by atoms with Gasteiger partial charge in [0.1, 0.15) is 18.1 Å². The molecule has 0 bridgehead atoms. The Kier molecular flexibility index (Phi) is 7.40. The Balaban J connectivity index is 1.45. The molecule has 172 valence electrons. The van der Waals surface area contributed by atoms with Crippen LogP contribution in [0.4, 0.5) is 5.69 Å². The zero-order valence-corrected chi connectivity index (χ0v) is 19.8. The zero-order chi connectivity index (χ0) is 23.2. The number of hydrogen-bond donors (Lipinski definition) is 0. The summed E-state index contributed by atoms with van der Waals surface area (Å²) >= 11 is 6.20. The van der Waals surface area contributed by atoms with E-state index in [0.717, 1.165) is 40.9 Å². The largest absolute Gasteiger partial charge is 0.493 e. The Morgan fingerprint density at radius 3 is 2.42 bits per heavy atom. The second-order valence-corrected chi connectivity index (χ2v) is 8.50. The molecule has 6 heteroatoms. The van der Waals surface area contributed by atoms with Gasteiger partial charge in [-0.15, -0.1) is 0 Å². The number of aryl methyl sites for hydroxylation is 1. The molecule has 1 saturated heterocycles. The summed E-state index contributed by atoms with van der Waals surface area (Å²) in [7, 11) is 0. The Morgan fingerprint density at radius 2 is 1.70 bits per heavy atom. The number of carbonyl (C=O) groups is 1. The van der Waals surface area contributed by atoms with Gasteiger partial charge in [-0.3, -0.25) is 4.79 Å². The molecule has 4 rings (SSSR count). The lowest BCUT2D eigenvalue weighted by atomic mass is 10.1. The van der Waals surface area contributed by atoms with Crippen molar-refractivity contribution in [3.8, 4) is 11.5 Å². The molecule has 33 heavy (non-hydrogen) atoms. The molecule has 0 radical (unpaired) electrons. The maximum Gasteiger partial charge on any atom is 0.253 e. The van der Waals surface area contributed by atoms with Crippen LogP contribution in [0.1, 0.15) is 28.4 Å². The van der Waals surface area contributed by atoms with E-state index >= 15 is 0 Å². The van der Waals surface area contributed by atoms with Crippen molar-refractivity contribution in [3.05, 3.63) is 88.4 Å². The number of para-hydroxylation sites is 1. The highest BCUT2D eigenvalue weighted by Crippen LogP contribution is 2.27. The summed E-state index contributed by atoms with van der Waals surface area (Å²) in [6.07, 6.45) is 0. The summed E-state index contributed by atoms with van der Waals surface area (Å²) in [6.45, 7) is 7.78. The van der Waals surface area contributed by atoms with E-state index in [2.05, 4.69) is 11.8 Å². The molecule has 0 aliphatic carbocycles. The van der Waals surface area contributed by atoms with Crippen LogP contribution in [0.5, 0.6) is 11.5 Å². The Labute approximate surface area is 200 Å². The average Bonchev–Trinajstić information content (AvgIpc) is 2.85. The van der Waals surface area contributed by atoms with Gasteiger partial charge in [-0.05, 0) is 61.9 Å². The molecule has 0 aromatic heterocycles. The van der Waals surface area contributed by atoms with Gasteiger partial charge >= 0.3 is 0 Å². The number of amides is 1. The van der Waals surface area contributed by atoms with Gasteiger partial charge in [-0.25, -0.2) is 0 Å². The third kappa shape index (κ3) is 5.60. The molecule has 1 fully saturated rings. The monoisotopic (exact) mass is 464 g/mol. The quantitative estimate of drug-likeness (QED) is 0.457. The summed E-state index contributed by atoms with van der Waals surface area (Å²) in [5.41, 5.74) is 3.84. The predicted molar refractivity (Wildman–Crippen MR) is 133 cm³/mol. The third-order valence-electron chi connectivity index (χ3n) is 5.82. The van der Waals surface area contributed by atoms with Gasteiger partial charge < -0.3 is 19.3 Å². The molecule has 1 heterocycles. The standard InChI is InChI=1S/C27H29ClN2O3/c1-3-32-26-12-10-21(17-22(26)19-33-24-7-5-4-6-8-24)27(31)30-15-13-29(14-16-30)25-18-23(28)11-9-20(25)2/h4-12,17-18H,3,13-16,19H2,1-2H3. The highest BCUT2D eigenvalue weighted by molar-refractivity contribution is 6.30. The molecule has 1 aliphatic heterocycles. The number of halogens is 1. The smallest absolute Gasteiger partial charge is 0.253 e. The van der Waals surface area contributed by atoms with Crippen molar-refractivity contribution in [1.82, 2.24) is 4.90 Å². The van der Waals surface area contributed by atoms with E-state index in [1.54, 1.807) is 0 Å². The van der Waals surface area contributed by atoms with Crippen molar-refractivity contribution in [1.29, 1.82) is 0 Å². The van der Waals surface area contributed by atoms with Crippen LogP contribution in [0.25, 0.3) is 0 Å². The number of rotatable bonds is 7. The van der Waals surface area contributed by atoms with Crippen LogP contribution >= 0.6 is 11.6 Å². The van der Waals surface area contributed by atoms with Crippen LogP contribution in [0, 0.1) is 6.92 Å². The molecule has 1 aliphatic rings. The molecule has 0 atom stereocenters. The Bertz CT molecular complexity index is 1100. The van der Waals surface area contributed by atoms with Gasteiger partial charge in [0.05, 0.1) is 6.61 Å². The third-order valence-corrected chi connectivity index (χ3v) is 6.06. The number of piperazine rings is 1. The SMILES string of the molecule is CCOc1ccc(C(=O)N2CCN(c3cc(Cl)ccc3C)CC2)cc1COc1ccccc1. The van der Waals surface area contributed by atoms with Gasteiger partial charge in [-0.1, -0.05) is 35.9 Å². The lowest BCUT2D eigenvalue weighted by Gasteiger charge is -2.37. The molecule has 0 saturated carbocycles. The Morgan fingerprint density at radius 1 is 0.939 bits per heavy atom. The predicted octanol–water partition coefficient (Wildman–Crippen LogP) is 5.59. The zero-order valence-electron chi connectivity index (χ0n) is 19.1. The molecule has 0 N–H and O–H groups in total. The highest BCUT2D eigenvalue weighted by Gasteiger charge is 2.24. The summed E-state index contributed by atoms with van der Waals surface area (Å²) < 4.78 is 11.7. The van der Waals surface area contributed by atoms with Crippen molar-refractivity contribution in [2.45, 2.75) is 20.5 Å². The van der Waals surface area contributed by atoms with Crippen molar-refractivity contribution < 1.29 is 14.3 Å². The minimum atomic E-state index is 0.0291. The first-order valence-electron chi connectivity index (χ1n) is 11.3. The highest BCUT2D eigenvalue weighted by atomic mass is 35.5. The summed E-state index contributed by atoms with van der Waals surface area (Å²) in [5.74, 6) is 1.55. The lowest BCUT2D eigenvalue weighted by molar-refractivity contribution is 0.0746. The summed E-state index contributed by atoms with van der Waals surface area (Å²) in [5, 5.41) is 0.730. The van der Waals surface area contributed by atoms with E-state index in [1.807, 2.05) is 78.6 Å². The fourth-order valence-electron chi connectivity index (χ4n) is 4.06. The molecule has 0 spiro atoms. The molecule has 1 amide bonds. The van der Waals surface area contributed by atoms with Gasteiger partial charge in [-0.2, -0.15) is 0 Å². The van der Waals surface area contributed by atoms with Gasteiger partial charge in [0, 0.05) is 48.0 Å². The number of anilines is 1. The number of benzene rings is 3. The van der Waals surface area contributed by atoms with Crippen LogP contribution < -0.4 is 14.4 Å². The molecule has 5 nitrogen and oxygen atoms in total. The number of nitrogens with zero attached hydrogens (tertiary/aromatic N) is 2. The first-order chi connectivity index (χ1) is 16.0. The molecule has 3 aromatic carbocycles. The van der Waals surface area contributed by atoms with E-state index in [1.165, 1.54) is 5.56 Å². The van der Waals surface area contributed by atoms with Crippen LogP contribution in [0.2, 0.25) is 5.02 Å². The second-order valence-electron chi connectivity index (χ2n) is 8.07. The summed E-state index contributed by atoms with van der Waals surface area (Å²) in [4.78, 5) is 17.5. The van der Waals surface area contributed by atoms with Crippen molar-refractivity contribution in [3.63, 3.8) is 0 Å². The van der Waals surface area contributed by atoms with Crippen LogP contribution in [0.3, 0.4) is 0 Å². The van der Waals surface area contributed by atoms with Crippen molar-refractivity contribution in [2.24, 2.45) is 0 Å². The molecule has 3 aromatic rings. The van der Waals surface area contributed by atoms with E-state index in [0.29, 0.717) is 31.9 Å². The summed E-state index contributed by atoms with van der Waals surface area (Å²) in [6, 6.07) is 21.2. The maximum absolute atomic E-state index is 13.3. The fourth-order valence-corrected chi connectivity index (χ4v) is 4.22. The fraction of sp³-hybridized carbons (Fsp3) is 0.296. The first-order valence-corrected chi connectivity index (χ1v) is 11.7. The van der Waals surface area contributed by atoms with E-state index in [9.17, 15) is 4.79 Å². The van der Waals surface area contributed by atoms with E-state index in [-0.39, 0.29) is 5.91 Å². The number of carbonyl (C=O) groups excluding carboxylic acids is 1. The van der Waals surface area contributed by atoms with Crippen molar-refractivity contribution >= 4 is 23.2 Å². The van der Waals surface area contributed by atoms with Crippen molar-refractivity contribution in [2.75, 3.05) is 37.7 Å². The van der Waals surface area contributed by atoms with Gasteiger partial charge in [0.2, 0.25) is 0 Å². The average molecular weight is 465 g/mol. The normalized spacial score (nSPS) is 13.7. The van der Waals surface area contributed by atoms with Crippen LogP contribution in [-0.2, 0) is 6.61 Å².